The number of benzene rings is 8. The Morgan fingerprint density at radius 3 is 1.15 bits per heavy atom. The van der Waals surface area contributed by atoms with E-state index < -0.39 is 0 Å². The topological polar surface area (TPSA) is 6.48 Å². The Labute approximate surface area is 367 Å². The number of para-hydroxylation sites is 4. The molecule has 3 heteroatoms. The lowest BCUT2D eigenvalue weighted by atomic mass is 9.56. The third kappa shape index (κ3) is 4.04. The van der Waals surface area contributed by atoms with E-state index in [0.29, 0.717) is 0 Å². The Bertz CT molecular complexity index is 3280. The Hall–Kier alpha value is -6.42. The van der Waals surface area contributed by atoms with Gasteiger partial charge in [0.15, 0.2) is 0 Å². The highest BCUT2D eigenvalue weighted by Crippen LogP contribution is 2.67. The fraction of sp³-hybridized carbons (Fsp3) is 0.186. The zero-order valence-electron chi connectivity index (χ0n) is 36.0. The lowest BCUT2D eigenvalue weighted by molar-refractivity contribution is 0.388. The second-order valence-corrected chi connectivity index (χ2v) is 21.2. The molecule has 2 atom stereocenters. The van der Waals surface area contributed by atoms with Crippen molar-refractivity contribution in [2.24, 2.45) is 0 Å². The maximum Gasteiger partial charge on any atom is 0.0544 e. The highest BCUT2D eigenvalue weighted by atomic mass is 32.1. The van der Waals surface area contributed by atoms with E-state index >= 15 is 0 Å². The first-order valence-electron chi connectivity index (χ1n) is 22.3. The highest BCUT2D eigenvalue weighted by Gasteiger charge is 2.54. The molecule has 6 heterocycles. The summed E-state index contributed by atoms with van der Waals surface area (Å²) in [5.41, 5.74) is 23.0. The van der Waals surface area contributed by atoms with Crippen LogP contribution < -0.4 is 9.80 Å². The van der Waals surface area contributed by atoms with Crippen molar-refractivity contribution >= 4 is 65.6 Å². The fourth-order valence-corrected chi connectivity index (χ4v) is 14.6. The van der Waals surface area contributed by atoms with Crippen LogP contribution in [0.15, 0.2) is 158 Å². The van der Waals surface area contributed by atoms with Crippen molar-refractivity contribution in [3.63, 3.8) is 0 Å². The lowest BCUT2D eigenvalue weighted by Gasteiger charge is -2.55. The summed E-state index contributed by atoms with van der Waals surface area (Å²) in [5, 5.41) is 2.67. The van der Waals surface area contributed by atoms with Crippen molar-refractivity contribution < 1.29 is 0 Å². The zero-order valence-corrected chi connectivity index (χ0v) is 36.8. The molecule has 5 aliphatic heterocycles. The summed E-state index contributed by atoms with van der Waals surface area (Å²) in [6, 6.07) is 61.5. The van der Waals surface area contributed by atoms with Crippen LogP contribution in [0.25, 0.3) is 42.4 Å². The van der Waals surface area contributed by atoms with E-state index in [2.05, 4.69) is 209 Å². The van der Waals surface area contributed by atoms with Gasteiger partial charge in [-0.2, -0.15) is 0 Å². The number of fused-ring (bicyclic) bond motifs is 15. The van der Waals surface area contributed by atoms with Crippen LogP contribution in [-0.4, -0.2) is 0 Å². The predicted molar refractivity (Wildman–Crippen MR) is 261 cm³/mol. The minimum atomic E-state index is -0.386. The van der Waals surface area contributed by atoms with Crippen molar-refractivity contribution in [3.05, 3.63) is 202 Å². The van der Waals surface area contributed by atoms with Gasteiger partial charge in [0.25, 0.3) is 0 Å². The molecule has 0 spiro atoms. The van der Waals surface area contributed by atoms with Gasteiger partial charge in [0, 0.05) is 41.8 Å². The van der Waals surface area contributed by atoms with Gasteiger partial charge in [-0.05, 0) is 122 Å². The second-order valence-electron chi connectivity index (χ2n) is 20.1. The Morgan fingerprint density at radius 1 is 0.371 bits per heavy atom. The van der Waals surface area contributed by atoms with E-state index in [1.807, 2.05) is 11.3 Å². The average Bonchev–Trinajstić information content (AvgIpc) is 3.68. The molecular formula is C59H46N2S. The van der Waals surface area contributed by atoms with Crippen LogP contribution in [0, 0.1) is 0 Å². The first kappa shape index (κ1) is 35.2. The monoisotopic (exact) mass is 814 g/mol. The zero-order chi connectivity index (χ0) is 41.7. The minimum Gasteiger partial charge on any atom is -0.309 e. The molecule has 6 bridgehead atoms. The van der Waals surface area contributed by atoms with Gasteiger partial charge >= 0.3 is 0 Å². The molecule has 8 aromatic carbocycles. The van der Waals surface area contributed by atoms with Gasteiger partial charge in [0.05, 0.1) is 34.1 Å². The van der Waals surface area contributed by atoms with Crippen LogP contribution in [0.5, 0.6) is 0 Å². The largest absolute Gasteiger partial charge is 0.309 e. The molecule has 2 nitrogen and oxygen atoms in total. The van der Waals surface area contributed by atoms with E-state index in [1.165, 1.54) is 121 Å². The minimum absolute atomic E-state index is 0.235. The SMILES string of the molecule is CC1(C)c2ccccc2N2c3ccccc3C3(C)CC4(C)c5ccccc5N5c6ccccc6C(C)(C)c6cc(cc4c65)-c4cccc5c4sc4c(cccc45)-c4cc1c2c3c4. The molecule has 0 amide bonds. The van der Waals surface area contributed by atoms with Gasteiger partial charge in [0.2, 0.25) is 0 Å². The average molecular weight is 815 g/mol. The molecule has 0 saturated heterocycles. The summed E-state index contributed by atoms with van der Waals surface area (Å²) in [5.74, 6) is 0. The summed E-state index contributed by atoms with van der Waals surface area (Å²) in [6.07, 6.45) is 0.889. The highest BCUT2D eigenvalue weighted by molar-refractivity contribution is 7.26. The Kier molecular flexibility index (Phi) is 6.44. The smallest absolute Gasteiger partial charge is 0.0544 e. The molecule has 14 rings (SSSR count). The third-order valence-electron chi connectivity index (χ3n) is 16.2. The Balaban J connectivity index is 1.20. The number of hydrogen-bond donors (Lipinski definition) is 0. The molecule has 0 N–H and O–H groups in total. The summed E-state index contributed by atoms with van der Waals surface area (Å²) in [6.45, 7) is 15.0. The van der Waals surface area contributed by atoms with Crippen LogP contribution in [0.3, 0.4) is 0 Å². The number of thiophene rings is 1. The molecule has 0 fully saturated rings. The summed E-state index contributed by atoms with van der Waals surface area (Å²) < 4.78 is 2.72. The van der Waals surface area contributed by atoms with Gasteiger partial charge in [-0.15, -0.1) is 11.3 Å². The van der Waals surface area contributed by atoms with Crippen LogP contribution in [0.4, 0.5) is 34.1 Å². The first-order chi connectivity index (χ1) is 30.0. The molecule has 0 radical (unpaired) electrons. The van der Waals surface area contributed by atoms with Gasteiger partial charge < -0.3 is 9.80 Å². The number of hydrogen-bond acceptors (Lipinski definition) is 3. The van der Waals surface area contributed by atoms with E-state index in [4.69, 9.17) is 0 Å². The van der Waals surface area contributed by atoms with Gasteiger partial charge in [-0.3, -0.25) is 0 Å². The van der Waals surface area contributed by atoms with E-state index in [-0.39, 0.29) is 21.7 Å². The van der Waals surface area contributed by atoms with Crippen molar-refractivity contribution in [1.29, 1.82) is 0 Å². The fourth-order valence-electron chi connectivity index (χ4n) is 13.2. The molecule has 298 valence electrons. The normalized spacial score (nSPS) is 21.0. The molecule has 9 aromatic rings. The molecule has 2 unspecified atom stereocenters. The summed E-state index contributed by atoms with van der Waals surface area (Å²) in [4.78, 5) is 5.25. The van der Waals surface area contributed by atoms with Crippen molar-refractivity contribution in [2.75, 3.05) is 9.80 Å². The van der Waals surface area contributed by atoms with Crippen LogP contribution >= 0.6 is 11.3 Å². The lowest BCUT2D eigenvalue weighted by Crippen LogP contribution is -2.45. The molecule has 62 heavy (non-hydrogen) atoms. The standard InChI is InChI=1S/C59H46N2S/c1-56(2)40-21-7-11-25-48(40)60-50-27-13-9-23-42(50)58(5)33-59(6)43-24-10-14-28-51(43)61-49-26-12-8-22-41(49)57(3,4)45-30-35(32-47(59)53(45)61)37-18-16-20-39-38-19-15-17-36(54(38)62-55(37)39)34-29-44(56)52(60)46(58)31-34/h7-32H,33H2,1-6H3. The predicted octanol–water partition coefficient (Wildman–Crippen LogP) is 16.2. The molecular weight excluding hydrogens is 769 g/mol. The van der Waals surface area contributed by atoms with Crippen LogP contribution in [0.1, 0.15) is 92.5 Å². The molecule has 0 saturated carbocycles. The molecule has 5 aliphatic rings. The van der Waals surface area contributed by atoms with E-state index in [0.717, 1.165) is 6.42 Å². The quantitative estimate of drug-likeness (QED) is 0.150. The van der Waals surface area contributed by atoms with Crippen molar-refractivity contribution in [1.82, 2.24) is 0 Å². The number of rotatable bonds is 0. The summed E-state index contributed by atoms with van der Waals surface area (Å²) >= 11 is 1.98. The van der Waals surface area contributed by atoms with Crippen LogP contribution in [-0.2, 0) is 21.7 Å². The molecule has 0 aliphatic carbocycles. The maximum atomic E-state index is 2.63. The Morgan fingerprint density at radius 2 is 0.726 bits per heavy atom. The first-order valence-corrected chi connectivity index (χ1v) is 23.1. The van der Waals surface area contributed by atoms with Gasteiger partial charge in [-0.25, -0.2) is 0 Å². The maximum absolute atomic E-state index is 2.63. The van der Waals surface area contributed by atoms with E-state index in [1.54, 1.807) is 0 Å². The number of anilines is 6. The summed E-state index contributed by atoms with van der Waals surface area (Å²) in [7, 11) is 0. The van der Waals surface area contributed by atoms with Crippen molar-refractivity contribution in [3.8, 4) is 22.3 Å². The van der Waals surface area contributed by atoms with Crippen LogP contribution in [0.2, 0.25) is 0 Å². The second kappa shape index (κ2) is 11.3. The van der Waals surface area contributed by atoms with Gasteiger partial charge in [-0.1, -0.05) is 151 Å². The van der Waals surface area contributed by atoms with Gasteiger partial charge in [0.1, 0.15) is 0 Å². The third-order valence-corrected chi connectivity index (χ3v) is 17.5. The number of nitrogens with zero attached hydrogens (tertiary/aromatic N) is 2. The van der Waals surface area contributed by atoms with Crippen molar-refractivity contribution in [2.45, 2.75) is 69.6 Å². The van der Waals surface area contributed by atoms with E-state index in [9.17, 15) is 0 Å². The molecule has 1 aromatic heterocycles.